The molecule has 2 aromatic rings. The molecular weight excluding hydrogens is 750 g/mol. The van der Waals surface area contributed by atoms with E-state index in [1.807, 2.05) is 0 Å². The monoisotopic (exact) mass is 814 g/mol. The molecule has 8 heteroatoms. The van der Waals surface area contributed by atoms with Crippen LogP contribution in [0.2, 0.25) is 23.7 Å². The van der Waals surface area contributed by atoms with E-state index in [9.17, 15) is 0 Å². The van der Waals surface area contributed by atoms with Crippen LogP contribution in [0.3, 0.4) is 0 Å². The molecule has 0 saturated heterocycles. The Morgan fingerprint density at radius 3 is 1.32 bits per heavy atom. The molecule has 4 rings (SSSR count). The van der Waals surface area contributed by atoms with E-state index >= 15 is 0 Å². The van der Waals surface area contributed by atoms with Gasteiger partial charge in [-0.25, -0.2) is 0 Å². The van der Waals surface area contributed by atoms with Gasteiger partial charge in [0.1, 0.15) is 0 Å². The Hall–Kier alpha value is -0.129. The van der Waals surface area contributed by atoms with Gasteiger partial charge in [0.15, 0.2) is 0 Å². The summed E-state index contributed by atoms with van der Waals surface area (Å²) in [5, 5.41) is 0. The number of nitrogens with zero attached hydrogens (tertiary/aromatic N) is 2. The first-order valence-corrected chi connectivity index (χ1v) is 31.0. The van der Waals surface area contributed by atoms with E-state index in [0.29, 0.717) is 23.7 Å². The number of rotatable bonds is 14. The molecule has 50 heavy (non-hydrogen) atoms. The predicted molar refractivity (Wildman–Crippen MR) is 227 cm³/mol. The summed E-state index contributed by atoms with van der Waals surface area (Å²) < 4.78 is 0. The molecule has 0 N–H and O–H groups in total. The Morgan fingerprint density at radius 2 is 0.980 bits per heavy atom. The summed E-state index contributed by atoms with van der Waals surface area (Å²) >= 11 is -3.11. The number of para-hydroxylation sites is 2. The molecule has 2 aromatic carbocycles. The zero-order valence-corrected chi connectivity index (χ0v) is 38.4. The number of hydrogen-bond acceptors (Lipinski definition) is 2. The SMILES string of the molecule is CC(=Nc1c(C(C)C)cccc1C(C)C)C(CCCC[Si](C)(C1CCCC1)C1CCCC1)=Nc1c(C(C)C)cccc1C(C)C.[Cl][Ti]([Cl])([Cl])[Cl]. The maximum atomic E-state index is 5.63. The molecule has 0 radical (unpaired) electrons. The van der Waals surface area contributed by atoms with E-state index in [2.05, 4.69) is 105 Å². The summed E-state index contributed by atoms with van der Waals surface area (Å²) in [5.74, 6) is 1.72. The van der Waals surface area contributed by atoms with Crippen LogP contribution in [0.15, 0.2) is 46.4 Å². The van der Waals surface area contributed by atoms with Gasteiger partial charge in [-0.3, -0.25) is 9.98 Å². The van der Waals surface area contributed by atoms with Crippen molar-refractivity contribution in [2.24, 2.45) is 9.98 Å². The van der Waals surface area contributed by atoms with Gasteiger partial charge in [0.25, 0.3) is 0 Å². The van der Waals surface area contributed by atoms with Crippen LogP contribution >= 0.6 is 37.2 Å². The number of hydrogen-bond donors (Lipinski definition) is 0. The minimum absolute atomic E-state index is 0.429. The third-order valence-corrected chi connectivity index (χ3v) is 17.9. The van der Waals surface area contributed by atoms with Crippen LogP contribution < -0.4 is 0 Å². The zero-order chi connectivity index (χ0) is 37.2. The molecule has 0 unspecified atom stereocenters. The fourth-order valence-corrected chi connectivity index (χ4v) is 14.6. The van der Waals surface area contributed by atoms with Gasteiger partial charge in [-0.1, -0.05) is 162 Å². The van der Waals surface area contributed by atoms with Gasteiger partial charge in [0.05, 0.1) is 30.9 Å². The van der Waals surface area contributed by atoms with Crippen molar-refractivity contribution in [1.29, 1.82) is 0 Å². The number of benzene rings is 2. The van der Waals surface area contributed by atoms with Crippen molar-refractivity contribution in [3.8, 4) is 0 Å². The molecule has 2 fully saturated rings. The van der Waals surface area contributed by atoms with Gasteiger partial charge in [-0.2, -0.15) is 0 Å². The van der Waals surface area contributed by atoms with Gasteiger partial charge in [0.2, 0.25) is 0 Å². The molecule has 2 saturated carbocycles. The van der Waals surface area contributed by atoms with Crippen LogP contribution in [0, 0.1) is 0 Å². The second-order valence-electron chi connectivity index (χ2n) is 16.5. The van der Waals surface area contributed by atoms with E-state index in [1.165, 1.54) is 110 Å². The van der Waals surface area contributed by atoms with Crippen LogP contribution in [-0.4, -0.2) is 19.5 Å². The molecular formula is C42H66Cl4N2SiTi. The molecule has 2 aliphatic rings. The summed E-state index contributed by atoms with van der Waals surface area (Å²) in [7, 11) is 18.8. The Bertz CT molecular complexity index is 1340. The van der Waals surface area contributed by atoms with Gasteiger partial charge in [-0.05, 0) is 76.8 Å². The molecule has 2 nitrogen and oxygen atoms in total. The van der Waals surface area contributed by atoms with E-state index in [-0.39, 0.29) is 0 Å². The Morgan fingerprint density at radius 1 is 0.640 bits per heavy atom. The van der Waals surface area contributed by atoms with Crippen molar-refractivity contribution in [3.63, 3.8) is 0 Å². The molecule has 0 amide bonds. The van der Waals surface area contributed by atoms with Gasteiger partial charge >= 0.3 is 49.6 Å². The second-order valence-corrected chi connectivity index (χ2v) is 37.2. The first-order valence-electron chi connectivity index (χ1n) is 19.6. The van der Waals surface area contributed by atoms with Crippen LogP contribution in [0.25, 0.3) is 0 Å². The molecule has 2 aliphatic carbocycles. The molecule has 0 bridgehead atoms. The molecule has 0 atom stereocenters. The molecule has 0 aliphatic heterocycles. The van der Waals surface area contributed by atoms with E-state index in [0.717, 1.165) is 23.2 Å². The van der Waals surface area contributed by atoms with Gasteiger partial charge < -0.3 is 0 Å². The Balaban J connectivity index is 0.00000126. The van der Waals surface area contributed by atoms with Crippen LogP contribution in [-0.2, 0) is 12.3 Å². The van der Waals surface area contributed by atoms with Crippen molar-refractivity contribution in [3.05, 3.63) is 58.7 Å². The molecule has 0 heterocycles. The quantitative estimate of drug-likeness (QED) is 0.103. The normalized spacial score (nSPS) is 17.1. The average Bonchev–Trinajstić information content (AvgIpc) is 3.77. The Kier molecular flexibility index (Phi) is 18.2. The summed E-state index contributed by atoms with van der Waals surface area (Å²) in [6.45, 7) is 23.5. The summed E-state index contributed by atoms with van der Waals surface area (Å²) in [4.78, 5) is 11.1. The fraction of sp³-hybridized carbons (Fsp3) is 0.667. The number of aliphatic imine (C=N–C) groups is 2. The second kappa shape index (κ2) is 20.5. The summed E-state index contributed by atoms with van der Waals surface area (Å²) in [6, 6.07) is 15.1. The van der Waals surface area contributed by atoms with Crippen molar-refractivity contribution in [2.45, 2.75) is 180 Å². The number of unbranched alkanes of at least 4 members (excludes halogenated alkanes) is 1. The van der Waals surface area contributed by atoms with E-state index in [1.54, 1.807) is 0 Å². The third kappa shape index (κ3) is 13.0. The first kappa shape index (κ1) is 44.3. The summed E-state index contributed by atoms with van der Waals surface area (Å²) in [6.07, 6.45) is 15.6. The topological polar surface area (TPSA) is 24.7 Å². The average molecular weight is 817 g/mol. The van der Waals surface area contributed by atoms with Crippen molar-refractivity contribution < 1.29 is 12.3 Å². The van der Waals surface area contributed by atoms with Crippen LogP contribution in [0.5, 0.6) is 0 Å². The predicted octanol–water partition coefficient (Wildman–Crippen LogP) is 16.9. The van der Waals surface area contributed by atoms with Crippen molar-refractivity contribution in [1.82, 2.24) is 0 Å². The van der Waals surface area contributed by atoms with Gasteiger partial charge in [0, 0.05) is 0 Å². The fourth-order valence-electron chi connectivity index (χ4n) is 8.68. The summed E-state index contributed by atoms with van der Waals surface area (Å²) in [5.41, 5.74) is 12.2. The standard InChI is InChI=1S/C42H66N2Si.4ClH.Ti/c1-29(2)36-23-17-24-37(30(3)4)41(36)43-33(9)40(44-42-38(31(5)6)25-18-26-39(42)32(7)8)27-15-16-28-45(10,34-19-11-12-20-34)35-21-13-14-22-35;;;;;/h17-18,23-26,29-32,34-35H,11-16,19-22,27-28H2,1-10H3;4*1H;/q;;;;;+4/p-4. The minimum atomic E-state index is -3.11. The number of halogens is 4. The van der Waals surface area contributed by atoms with E-state index in [4.69, 9.17) is 47.2 Å². The molecule has 280 valence electrons. The Labute approximate surface area is 326 Å². The van der Waals surface area contributed by atoms with Gasteiger partial charge in [-0.15, -0.1) is 0 Å². The van der Waals surface area contributed by atoms with Crippen LogP contribution in [0.1, 0.15) is 179 Å². The third-order valence-electron chi connectivity index (χ3n) is 11.6. The van der Waals surface area contributed by atoms with Crippen molar-refractivity contribution in [2.75, 3.05) is 0 Å². The van der Waals surface area contributed by atoms with Crippen molar-refractivity contribution >= 4 is 68.1 Å². The molecule has 0 aromatic heterocycles. The molecule has 0 spiro atoms. The first-order chi connectivity index (χ1) is 23.4. The zero-order valence-electron chi connectivity index (χ0n) is 32.8. The van der Waals surface area contributed by atoms with E-state index < -0.39 is 20.4 Å². The maximum absolute atomic E-state index is 5.63. The van der Waals surface area contributed by atoms with Crippen LogP contribution in [0.4, 0.5) is 11.4 Å².